The second kappa shape index (κ2) is 3.97. The summed E-state index contributed by atoms with van der Waals surface area (Å²) in [5.41, 5.74) is 4.80. The molecule has 0 unspecified atom stereocenters. The molecule has 0 atom stereocenters. The molecule has 80 valence electrons. The van der Waals surface area contributed by atoms with Gasteiger partial charge in [-0.2, -0.15) is 0 Å². The molecule has 0 heterocycles. The summed E-state index contributed by atoms with van der Waals surface area (Å²) in [6.45, 7) is 12.8. The zero-order valence-corrected chi connectivity index (χ0v) is 9.89. The van der Waals surface area contributed by atoms with E-state index in [1.807, 2.05) is 13.8 Å². The molecule has 0 aromatic heterocycles. The molecule has 0 aromatic rings. The lowest BCUT2D eigenvalue weighted by Crippen LogP contribution is -2.56. The second-order valence-corrected chi connectivity index (χ2v) is 5.22. The summed E-state index contributed by atoms with van der Waals surface area (Å²) in [4.78, 5) is 0. The topological polar surface area (TPSA) is 46.2 Å². The van der Waals surface area contributed by atoms with Crippen molar-refractivity contribution in [2.75, 3.05) is 6.54 Å². The van der Waals surface area contributed by atoms with Crippen LogP contribution in [-0.4, -0.2) is 17.3 Å². The van der Waals surface area contributed by atoms with E-state index in [0.29, 0.717) is 6.54 Å². The van der Waals surface area contributed by atoms with Crippen LogP contribution >= 0.6 is 0 Å². The van der Waals surface area contributed by atoms with Crippen molar-refractivity contribution in [3.8, 4) is 0 Å². The van der Waals surface area contributed by atoms with E-state index in [1.165, 1.54) is 0 Å². The van der Waals surface area contributed by atoms with E-state index in [0.717, 1.165) is 0 Å². The number of rotatable bonds is 4. The number of hydrogen-bond donors (Lipinski definition) is 2. The maximum absolute atomic E-state index is 10.6. The van der Waals surface area contributed by atoms with E-state index in [2.05, 4.69) is 27.7 Å². The van der Waals surface area contributed by atoms with Crippen molar-refractivity contribution in [1.82, 2.24) is 0 Å². The van der Waals surface area contributed by atoms with Gasteiger partial charge in [0.05, 0.1) is 5.60 Å². The Labute approximate surface area is 82.5 Å². The largest absolute Gasteiger partial charge is 0.389 e. The molecule has 2 heteroatoms. The first-order chi connectivity index (χ1) is 5.70. The van der Waals surface area contributed by atoms with Crippen molar-refractivity contribution in [2.24, 2.45) is 23.0 Å². The Morgan fingerprint density at radius 3 is 1.46 bits per heavy atom. The number of aliphatic hydroxyl groups is 1. The predicted octanol–water partition coefficient (Wildman–Crippen LogP) is 2.01. The zero-order chi connectivity index (χ0) is 10.9. The van der Waals surface area contributed by atoms with E-state index in [1.54, 1.807) is 0 Å². The molecule has 2 nitrogen and oxygen atoms in total. The van der Waals surface area contributed by atoms with Crippen molar-refractivity contribution in [3.63, 3.8) is 0 Å². The summed E-state index contributed by atoms with van der Waals surface area (Å²) >= 11 is 0. The van der Waals surface area contributed by atoms with E-state index in [9.17, 15) is 5.11 Å². The molecule has 0 radical (unpaired) electrons. The smallest absolute Gasteiger partial charge is 0.0755 e. The van der Waals surface area contributed by atoms with Gasteiger partial charge >= 0.3 is 0 Å². The highest BCUT2D eigenvalue weighted by molar-refractivity contribution is 4.98. The molecule has 0 fully saturated rings. The summed E-state index contributed by atoms with van der Waals surface area (Å²) in [6, 6.07) is 0. The Bertz CT molecular complexity index is 153. The van der Waals surface area contributed by atoms with Gasteiger partial charge in [0.1, 0.15) is 0 Å². The average Bonchev–Trinajstić information content (AvgIpc) is 2.01. The van der Waals surface area contributed by atoms with Crippen molar-refractivity contribution in [3.05, 3.63) is 0 Å². The molecule has 0 saturated carbocycles. The second-order valence-electron chi connectivity index (χ2n) is 5.22. The van der Waals surface area contributed by atoms with Gasteiger partial charge in [-0.15, -0.1) is 0 Å². The molecule has 0 aliphatic heterocycles. The highest BCUT2D eigenvalue weighted by Gasteiger charge is 2.47. The first-order valence-electron chi connectivity index (χ1n) is 5.12. The van der Waals surface area contributed by atoms with Gasteiger partial charge in [-0.05, 0) is 11.8 Å². The molecule has 13 heavy (non-hydrogen) atoms. The molecule has 3 N–H and O–H groups in total. The molecule has 0 amide bonds. The molecule has 0 saturated heterocycles. The van der Waals surface area contributed by atoms with Gasteiger partial charge in [0, 0.05) is 12.0 Å². The monoisotopic (exact) mass is 187 g/mol. The molecule has 0 aliphatic rings. The molecule has 0 spiro atoms. The third kappa shape index (κ3) is 2.05. The van der Waals surface area contributed by atoms with Gasteiger partial charge < -0.3 is 10.8 Å². The summed E-state index contributed by atoms with van der Waals surface area (Å²) in [6.07, 6.45) is 0. The van der Waals surface area contributed by atoms with Crippen LogP contribution in [-0.2, 0) is 0 Å². The molecular formula is C11H25NO. The summed E-state index contributed by atoms with van der Waals surface area (Å²) in [5, 5.41) is 10.6. The minimum atomic E-state index is -0.679. The van der Waals surface area contributed by atoms with Gasteiger partial charge in [-0.1, -0.05) is 41.5 Å². The first-order valence-corrected chi connectivity index (χ1v) is 5.12. The van der Waals surface area contributed by atoms with Crippen molar-refractivity contribution >= 4 is 0 Å². The first kappa shape index (κ1) is 12.9. The van der Waals surface area contributed by atoms with Gasteiger partial charge in [-0.3, -0.25) is 0 Å². The fourth-order valence-corrected chi connectivity index (χ4v) is 2.39. The molecule has 0 aliphatic carbocycles. The Morgan fingerprint density at radius 2 is 1.38 bits per heavy atom. The van der Waals surface area contributed by atoms with Crippen LogP contribution in [0.4, 0.5) is 0 Å². The van der Waals surface area contributed by atoms with Crippen molar-refractivity contribution < 1.29 is 5.11 Å². The number of nitrogens with two attached hydrogens (primary N) is 1. The Hall–Kier alpha value is -0.0800. The minimum absolute atomic E-state index is 0.227. The maximum Gasteiger partial charge on any atom is 0.0755 e. The molecule has 0 aromatic carbocycles. The Kier molecular flexibility index (Phi) is 3.95. The minimum Gasteiger partial charge on any atom is -0.389 e. The van der Waals surface area contributed by atoms with E-state index in [4.69, 9.17) is 5.73 Å². The fraction of sp³-hybridized carbons (Fsp3) is 1.00. The Morgan fingerprint density at radius 1 is 1.08 bits per heavy atom. The normalized spacial score (nSPS) is 14.3. The van der Waals surface area contributed by atoms with Crippen LogP contribution in [0.5, 0.6) is 0 Å². The standard InChI is InChI=1S/C11H25NO/c1-8(2)11(13,9(3)4)10(5,6)7-12/h8-9,13H,7,12H2,1-6H3. The van der Waals surface area contributed by atoms with Crippen LogP contribution in [0.15, 0.2) is 0 Å². The van der Waals surface area contributed by atoms with Gasteiger partial charge in [-0.25, -0.2) is 0 Å². The van der Waals surface area contributed by atoms with Crippen molar-refractivity contribution in [1.29, 1.82) is 0 Å². The molecular weight excluding hydrogens is 162 g/mol. The number of hydrogen-bond acceptors (Lipinski definition) is 2. The lowest BCUT2D eigenvalue weighted by Gasteiger charge is -2.48. The highest BCUT2D eigenvalue weighted by Crippen LogP contribution is 2.41. The van der Waals surface area contributed by atoms with E-state index in [-0.39, 0.29) is 17.3 Å². The van der Waals surface area contributed by atoms with Crippen LogP contribution in [0.25, 0.3) is 0 Å². The maximum atomic E-state index is 10.6. The van der Waals surface area contributed by atoms with Gasteiger partial charge in [0.15, 0.2) is 0 Å². The summed E-state index contributed by atoms with van der Waals surface area (Å²) in [5.74, 6) is 0.456. The van der Waals surface area contributed by atoms with Crippen LogP contribution in [0.2, 0.25) is 0 Å². The predicted molar refractivity (Wildman–Crippen MR) is 57.5 cm³/mol. The molecule has 0 bridgehead atoms. The third-order valence-electron chi connectivity index (χ3n) is 3.35. The van der Waals surface area contributed by atoms with Crippen LogP contribution in [0.1, 0.15) is 41.5 Å². The lowest BCUT2D eigenvalue weighted by atomic mass is 9.63. The van der Waals surface area contributed by atoms with Gasteiger partial charge in [0.25, 0.3) is 0 Å². The van der Waals surface area contributed by atoms with Crippen LogP contribution in [0, 0.1) is 17.3 Å². The summed E-state index contributed by atoms with van der Waals surface area (Å²) in [7, 11) is 0. The zero-order valence-electron chi connectivity index (χ0n) is 9.89. The highest BCUT2D eigenvalue weighted by atomic mass is 16.3. The van der Waals surface area contributed by atoms with Crippen LogP contribution in [0.3, 0.4) is 0 Å². The van der Waals surface area contributed by atoms with E-state index >= 15 is 0 Å². The van der Waals surface area contributed by atoms with Crippen LogP contribution < -0.4 is 5.73 Å². The lowest BCUT2D eigenvalue weighted by molar-refractivity contribution is -0.132. The van der Waals surface area contributed by atoms with Gasteiger partial charge in [0.2, 0.25) is 0 Å². The Balaban J connectivity index is 5.01. The SMILES string of the molecule is CC(C)C(O)(C(C)C)C(C)(C)CN. The third-order valence-corrected chi connectivity index (χ3v) is 3.35. The molecule has 0 rings (SSSR count). The van der Waals surface area contributed by atoms with E-state index < -0.39 is 5.60 Å². The average molecular weight is 187 g/mol. The quantitative estimate of drug-likeness (QED) is 0.707. The summed E-state index contributed by atoms with van der Waals surface area (Å²) < 4.78 is 0. The fourth-order valence-electron chi connectivity index (χ4n) is 2.39. The van der Waals surface area contributed by atoms with Crippen molar-refractivity contribution in [2.45, 2.75) is 47.1 Å².